The summed E-state index contributed by atoms with van der Waals surface area (Å²) < 4.78 is 0. The average molecular weight is 341 g/mol. The van der Waals surface area contributed by atoms with Crippen LogP contribution in [-0.2, 0) is 19.4 Å². The summed E-state index contributed by atoms with van der Waals surface area (Å²) in [6.45, 7) is 0. The van der Waals surface area contributed by atoms with Crippen LogP contribution in [0.15, 0.2) is 12.4 Å². The van der Waals surface area contributed by atoms with E-state index < -0.39 is 0 Å². The molecule has 42 valence electrons. The molecule has 0 atom stereocenters. The first-order chi connectivity index (χ1) is 3.91. The number of nitrogens with zero attached hydrogens (tertiary/aromatic N) is 2. The van der Waals surface area contributed by atoms with Gasteiger partial charge in [0.15, 0.2) is 0 Å². The molecule has 0 aliphatic rings. The second-order valence-electron chi connectivity index (χ2n) is 0.761. The van der Waals surface area contributed by atoms with Gasteiger partial charge in [0.05, 0.1) is 6.20 Å². The molecule has 1 N–H and O–H groups in total. The fourth-order valence-corrected chi connectivity index (χ4v) is 0.167. The van der Waals surface area contributed by atoms with E-state index in [1.165, 1.54) is 0 Å². The predicted octanol–water partition coefficient (Wildman–Crippen LogP) is 1.49. The van der Waals surface area contributed by atoms with Crippen molar-refractivity contribution in [1.82, 2.24) is 15.4 Å². The Morgan fingerprint density at radius 1 is 1.50 bits per heavy atom. The second kappa shape index (κ2) is 8.02. The summed E-state index contributed by atoms with van der Waals surface area (Å²) in [6, 6.07) is 0. The molecule has 8 heavy (non-hydrogen) atoms. The van der Waals surface area contributed by atoms with Gasteiger partial charge in [-0.15, -0.1) is 5.10 Å². The minimum absolute atomic E-state index is 0.385. The van der Waals surface area contributed by atoms with Crippen molar-refractivity contribution < 1.29 is 19.4 Å². The van der Waals surface area contributed by atoms with E-state index in [1.807, 2.05) is 0 Å². The first-order valence-electron chi connectivity index (χ1n) is 1.84. The number of rotatable bonds is 0. The third-order valence-corrected chi connectivity index (χ3v) is 0.331. The molecule has 1 aromatic heterocycles. The molecule has 0 saturated heterocycles. The maximum absolute atomic E-state index is 3.42. The summed E-state index contributed by atoms with van der Waals surface area (Å²) in [5, 5.41) is 9.26. The standard InChI is InChI=1S/C2H3N3.2BrH.Cd/c1-2-4-5-3-1;;;/h1-2H,(H,3,4,5);2*1H;/q;;;+2/p-2. The van der Waals surface area contributed by atoms with Gasteiger partial charge in [0, 0.05) is 6.20 Å². The Kier molecular flexibility index (Phi) is 9.05. The van der Waals surface area contributed by atoms with Crippen LogP contribution in [0.5, 0.6) is 0 Å². The van der Waals surface area contributed by atoms with Gasteiger partial charge in [0.2, 0.25) is 0 Å². The van der Waals surface area contributed by atoms with Gasteiger partial charge in [-0.05, 0) is 0 Å². The minimum Gasteiger partial charge on any atom is -0.266 e. The molecule has 1 aromatic rings. The van der Waals surface area contributed by atoms with Crippen LogP contribution in [0.25, 0.3) is 0 Å². The molecule has 0 amide bonds. The van der Waals surface area contributed by atoms with Crippen LogP contribution in [0.4, 0.5) is 0 Å². The normalized spacial score (nSPS) is 6.25. The topological polar surface area (TPSA) is 41.6 Å². The monoisotopic (exact) mass is 341 g/mol. The zero-order valence-electron chi connectivity index (χ0n) is 4.01. The molecule has 0 unspecified atom stereocenters. The van der Waals surface area contributed by atoms with Crippen molar-refractivity contribution in [2.45, 2.75) is 0 Å². The molecule has 0 aromatic carbocycles. The summed E-state index contributed by atoms with van der Waals surface area (Å²) in [5.74, 6) is 0. The zero-order valence-corrected chi connectivity index (χ0v) is 11.2. The smallest absolute Gasteiger partial charge is 0.0690 e. The van der Waals surface area contributed by atoms with Gasteiger partial charge in [-0.2, -0.15) is 0 Å². The molecule has 0 aliphatic carbocycles. The van der Waals surface area contributed by atoms with Crippen molar-refractivity contribution in [3.63, 3.8) is 0 Å². The Balaban J connectivity index is 0.000000145. The van der Waals surface area contributed by atoms with Crippen molar-refractivity contribution in [2.75, 3.05) is 0 Å². The van der Waals surface area contributed by atoms with Crippen LogP contribution in [0.1, 0.15) is 0 Å². The Morgan fingerprint density at radius 3 is 2.25 bits per heavy atom. The molecule has 0 aliphatic heterocycles. The SMILES string of the molecule is [Br][Cd][Br].c1c[nH]nn1. The molecule has 3 nitrogen and oxygen atoms in total. The summed E-state index contributed by atoms with van der Waals surface area (Å²) in [6.07, 6.45) is 3.24. The van der Waals surface area contributed by atoms with E-state index in [2.05, 4.69) is 39.4 Å². The predicted molar refractivity (Wildman–Crippen MR) is 34.2 cm³/mol. The summed E-state index contributed by atoms with van der Waals surface area (Å²) in [7, 11) is 0. The molecule has 0 fully saturated rings. The summed E-state index contributed by atoms with van der Waals surface area (Å²) in [4.78, 5) is 0. The molecule has 0 saturated carbocycles. The number of aromatic amines is 1. The van der Waals surface area contributed by atoms with Crippen molar-refractivity contribution in [1.29, 1.82) is 0 Å². The Morgan fingerprint density at radius 2 is 2.12 bits per heavy atom. The maximum Gasteiger partial charge on any atom is 0.0690 e. The van der Waals surface area contributed by atoms with Gasteiger partial charge in [-0.3, -0.25) is 5.10 Å². The van der Waals surface area contributed by atoms with Crippen LogP contribution >= 0.6 is 24.0 Å². The van der Waals surface area contributed by atoms with Gasteiger partial charge in [0.25, 0.3) is 0 Å². The maximum atomic E-state index is 3.42. The van der Waals surface area contributed by atoms with Crippen LogP contribution < -0.4 is 0 Å². The second-order valence-corrected chi connectivity index (χ2v) is 19.0. The number of nitrogens with one attached hydrogen (secondary N) is 1. The largest absolute Gasteiger partial charge is 0.266 e. The van der Waals surface area contributed by atoms with Crippen molar-refractivity contribution in [3.05, 3.63) is 12.4 Å². The molecule has 1 rings (SSSR count). The summed E-state index contributed by atoms with van der Waals surface area (Å²) in [5.41, 5.74) is 0. The number of hydrogen-bond donors (Lipinski definition) is 1. The van der Waals surface area contributed by atoms with Crippen LogP contribution in [0.2, 0.25) is 0 Å². The number of hydrogen-bond acceptors (Lipinski definition) is 2. The molecule has 0 spiro atoms. The fourth-order valence-electron chi connectivity index (χ4n) is 0.167. The van der Waals surface area contributed by atoms with E-state index in [9.17, 15) is 0 Å². The molecule has 6 heteroatoms. The fraction of sp³-hybridized carbons (Fsp3) is 0. The van der Waals surface area contributed by atoms with Crippen molar-refractivity contribution in [2.24, 2.45) is 0 Å². The number of halogens is 2. The van der Waals surface area contributed by atoms with E-state index in [0.717, 1.165) is 0 Å². The van der Waals surface area contributed by atoms with E-state index in [-0.39, 0.29) is 19.4 Å². The molecule has 0 bridgehead atoms. The minimum atomic E-state index is -0.385. The Labute approximate surface area is 70.5 Å². The molecular formula is C2H3Br2CdN3. The van der Waals surface area contributed by atoms with Crippen LogP contribution in [-0.4, -0.2) is 15.4 Å². The Hall–Kier alpha value is 1.02. The first kappa shape index (κ1) is 9.02. The van der Waals surface area contributed by atoms with Gasteiger partial charge < -0.3 is 0 Å². The first-order valence-corrected chi connectivity index (χ1v) is 19.9. The van der Waals surface area contributed by atoms with E-state index in [0.29, 0.717) is 0 Å². The number of aromatic nitrogens is 3. The number of H-pyrrole nitrogens is 1. The quantitative estimate of drug-likeness (QED) is 0.727. The van der Waals surface area contributed by atoms with Gasteiger partial charge in [-0.1, -0.05) is 5.21 Å². The van der Waals surface area contributed by atoms with Crippen molar-refractivity contribution in [3.8, 4) is 0 Å². The van der Waals surface area contributed by atoms with E-state index in [4.69, 9.17) is 0 Å². The zero-order chi connectivity index (χ0) is 6.24. The van der Waals surface area contributed by atoms with Crippen molar-refractivity contribution >= 4 is 24.0 Å². The van der Waals surface area contributed by atoms with Gasteiger partial charge in [-0.25, -0.2) is 0 Å². The third-order valence-electron chi connectivity index (χ3n) is 0.331. The van der Waals surface area contributed by atoms with Crippen LogP contribution in [0, 0.1) is 0 Å². The Bertz CT molecular complexity index is 82.2. The summed E-state index contributed by atoms with van der Waals surface area (Å²) >= 11 is 6.16. The molecular weight excluding hydrogens is 338 g/mol. The third kappa shape index (κ3) is 7.02. The van der Waals surface area contributed by atoms with Crippen LogP contribution in [0.3, 0.4) is 0 Å². The molecule has 0 radical (unpaired) electrons. The van der Waals surface area contributed by atoms with E-state index >= 15 is 0 Å². The van der Waals surface area contributed by atoms with Gasteiger partial charge >= 0.3 is 43.4 Å². The molecule has 1 heterocycles. The van der Waals surface area contributed by atoms with Gasteiger partial charge in [0.1, 0.15) is 0 Å². The average Bonchev–Trinajstić information content (AvgIpc) is 2.17. The van der Waals surface area contributed by atoms with E-state index in [1.54, 1.807) is 12.4 Å².